The molecule has 0 amide bonds. The van der Waals surface area contributed by atoms with Crippen molar-refractivity contribution in [3.8, 4) is 0 Å². The molecule has 1 aliphatic heterocycles. The third-order valence-electron chi connectivity index (χ3n) is 5.09. The molecule has 0 radical (unpaired) electrons. The van der Waals surface area contributed by atoms with Gasteiger partial charge in [0, 0.05) is 10.6 Å². The Bertz CT molecular complexity index is 953. The molecule has 0 spiro atoms. The number of sulfonamides is 1. The number of Topliss-reactive ketones (excluding diaryl/α,β-unsaturated/α-hetero) is 1. The van der Waals surface area contributed by atoms with E-state index >= 15 is 0 Å². The van der Waals surface area contributed by atoms with Gasteiger partial charge >= 0.3 is 0 Å². The van der Waals surface area contributed by atoms with Crippen molar-refractivity contribution in [2.45, 2.75) is 18.7 Å². The maximum Gasteiger partial charge on any atom is 0.261 e. The van der Waals surface area contributed by atoms with Crippen molar-refractivity contribution >= 4 is 38.8 Å². The highest BCUT2D eigenvalue weighted by Crippen LogP contribution is 2.31. The molecule has 3 rings (SSSR count). The Labute approximate surface area is 171 Å². The van der Waals surface area contributed by atoms with Crippen LogP contribution in [0.25, 0.3) is 0 Å². The monoisotopic (exact) mass is 422 g/mol. The number of anilines is 2. The maximum absolute atomic E-state index is 12.9. The molecule has 150 valence electrons. The predicted molar refractivity (Wildman–Crippen MR) is 112 cm³/mol. The summed E-state index contributed by atoms with van der Waals surface area (Å²) in [5.74, 6) is -0.109. The van der Waals surface area contributed by atoms with Crippen molar-refractivity contribution in [2.24, 2.45) is 0 Å². The molecule has 6 nitrogen and oxygen atoms in total. The largest absolute Gasteiger partial charge is 0.359 e. The summed E-state index contributed by atoms with van der Waals surface area (Å²) in [6.07, 6.45) is 0. The van der Waals surface area contributed by atoms with Crippen molar-refractivity contribution < 1.29 is 18.1 Å². The summed E-state index contributed by atoms with van der Waals surface area (Å²) in [6, 6.07) is 11.2. The first-order valence-electron chi connectivity index (χ1n) is 9.32. The average Bonchev–Trinajstić information content (AvgIpc) is 2.68. The number of benzene rings is 2. The molecule has 0 saturated carbocycles. The average molecular weight is 423 g/mol. The van der Waals surface area contributed by atoms with Crippen LogP contribution in [0, 0.1) is 0 Å². The highest BCUT2D eigenvalue weighted by molar-refractivity contribution is 7.92. The highest BCUT2D eigenvalue weighted by Gasteiger charge is 2.23. The lowest BCUT2D eigenvalue weighted by Crippen LogP contribution is -3.14. The van der Waals surface area contributed by atoms with Crippen LogP contribution in [-0.2, 0) is 10.0 Å². The van der Waals surface area contributed by atoms with E-state index in [0.29, 0.717) is 16.3 Å². The van der Waals surface area contributed by atoms with Crippen LogP contribution in [0.1, 0.15) is 24.2 Å². The lowest BCUT2D eigenvalue weighted by Gasteiger charge is -2.34. The first kappa shape index (κ1) is 20.6. The number of quaternary nitrogens is 1. The third-order valence-corrected chi connectivity index (χ3v) is 6.70. The molecule has 0 bridgehead atoms. The second-order valence-corrected chi connectivity index (χ2v) is 9.06. The van der Waals surface area contributed by atoms with Crippen LogP contribution >= 0.6 is 11.6 Å². The fourth-order valence-electron chi connectivity index (χ4n) is 3.36. The molecule has 0 aromatic heterocycles. The summed E-state index contributed by atoms with van der Waals surface area (Å²) in [6.45, 7) is 8.43. The number of piperazine rings is 1. The Hall–Kier alpha value is -2.09. The van der Waals surface area contributed by atoms with Gasteiger partial charge in [0.05, 0.1) is 49.0 Å². The number of hydrogen-bond donors (Lipinski definition) is 2. The van der Waals surface area contributed by atoms with Crippen LogP contribution in [0.2, 0.25) is 5.02 Å². The molecule has 1 heterocycles. The van der Waals surface area contributed by atoms with Gasteiger partial charge in [-0.1, -0.05) is 23.7 Å². The van der Waals surface area contributed by atoms with Crippen LogP contribution < -0.4 is 14.5 Å². The Balaban J connectivity index is 1.86. The molecule has 0 atom stereocenters. The molecule has 28 heavy (non-hydrogen) atoms. The van der Waals surface area contributed by atoms with E-state index in [0.717, 1.165) is 38.4 Å². The van der Waals surface area contributed by atoms with Gasteiger partial charge in [-0.3, -0.25) is 9.52 Å². The molecular weight excluding hydrogens is 398 g/mol. The Kier molecular flexibility index (Phi) is 6.27. The first-order valence-corrected chi connectivity index (χ1v) is 11.2. The minimum absolute atomic E-state index is 0.101. The number of likely N-dealkylation sites (N-methyl/N-ethyl adjacent to an activating group) is 1. The van der Waals surface area contributed by atoms with Crippen molar-refractivity contribution in [2.75, 3.05) is 42.3 Å². The van der Waals surface area contributed by atoms with Gasteiger partial charge in [-0.2, -0.15) is 0 Å². The van der Waals surface area contributed by atoms with E-state index < -0.39 is 10.0 Å². The standard InChI is InChI=1S/C20H24ClN3O3S/c1-3-23-10-12-24(13-11-23)20-9-6-17(21)14-19(20)22-28(26,27)18-7-4-16(5-8-18)15(2)25/h4-9,14,22H,3,10-13H2,1-2H3/p+1. The summed E-state index contributed by atoms with van der Waals surface area (Å²) < 4.78 is 28.4. The second kappa shape index (κ2) is 8.51. The molecule has 1 fully saturated rings. The molecule has 1 saturated heterocycles. The smallest absolute Gasteiger partial charge is 0.261 e. The molecule has 2 N–H and O–H groups in total. The molecule has 2 aromatic rings. The zero-order chi connectivity index (χ0) is 20.3. The summed E-state index contributed by atoms with van der Waals surface area (Å²) in [4.78, 5) is 15.2. The van der Waals surface area contributed by atoms with Gasteiger partial charge in [0.1, 0.15) is 0 Å². The van der Waals surface area contributed by atoms with E-state index in [4.69, 9.17) is 11.6 Å². The van der Waals surface area contributed by atoms with E-state index in [1.54, 1.807) is 12.1 Å². The molecule has 1 aliphatic rings. The number of carbonyl (C=O) groups excluding carboxylic acids is 1. The van der Waals surface area contributed by atoms with Gasteiger partial charge in [0.25, 0.3) is 10.0 Å². The normalized spacial score (nSPS) is 15.5. The Morgan fingerprint density at radius 2 is 1.79 bits per heavy atom. The van der Waals surface area contributed by atoms with Crippen LogP contribution in [0.5, 0.6) is 0 Å². The van der Waals surface area contributed by atoms with E-state index in [9.17, 15) is 13.2 Å². The summed E-state index contributed by atoms with van der Waals surface area (Å²) >= 11 is 6.14. The number of rotatable bonds is 6. The van der Waals surface area contributed by atoms with Gasteiger partial charge in [0.15, 0.2) is 5.78 Å². The fourth-order valence-corrected chi connectivity index (χ4v) is 4.59. The van der Waals surface area contributed by atoms with Crippen molar-refractivity contribution in [3.63, 3.8) is 0 Å². The van der Waals surface area contributed by atoms with Crippen LogP contribution in [0.4, 0.5) is 11.4 Å². The number of nitrogens with one attached hydrogen (secondary N) is 2. The number of halogens is 1. The molecule has 8 heteroatoms. The molecular formula is C20H25ClN3O3S+. The van der Waals surface area contributed by atoms with E-state index in [2.05, 4.69) is 16.5 Å². The molecule has 0 aliphatic carbocycles. The quantitative estimate of drug-likeness (QED) is 0.699. The lowest BCUT2D eigenvalue weighted by atomic mass is 10.2. The first-order chi connectivity index (χ1) is 13.3. The van der Waals surface area contributed by atoms with Gasteiger partial charge in [0.2, 0.25) is 0 Å². The zero-order valence-electron chi connectivity index (χ0n) is 16.0. The number of hydrogen-bond acceptors (Lipinski definition) is 4. The van der Waals surface area contributed by atoms with Gasteiger partial charge in [-0.25, -0.2) is 8.42 Å². The lowest BCUT2D eigenvalue weighted by molar-refractivity contribution is -0.898. The van der Waals surface area contributed by atoms with E-state index in [1.807, 2.05) is 6.07 Å². The summed E-state index contributed by atoms with van der Waals surface area (Å²) in [7, 11) is -3.80. The fraction of sp³-hybridized carbons (Fsp3) is 0.350. The van der Waals surface area contributed by atoms with Gasteiger partial charge in [-0.15, -0.1) is 0 Å². The minimum atomic E-state index is -3.80. The zero-order valence-corrected chi connectivity index (χ0v) is 17.6. The topological polar surface area (TPSA) is 70.9 Å². The Morgan fingerprint density at radius 3 is 2.36 bits per heavy atom. The van der Waals surface area contributed by atoms with Crippen molar-refractivity contribution in [3.05, 3.63) is 53.1 Å². The van der Waals surface area contributed by atoms with E-state index in [-0.39, 0.29) is 10.7 Å². The Morgan fingerprint density at radius 1 is 1.14 bits per heavy atom. The predicted octanol–water partition coefficient (Wildman–Crippen LogP) is 2.07. The van der Waals surface area contributed by atoms with Crippen molar-refractivity contribution in [1.29, 1.82) is 0 Å². The van der Waals surface area contributed by atoms with Crippen molar-refractivity contribution in [1.82, 2.24) is 0 Å². The van der Waals surface area contributed by atoms with Crippen LogP contribution in [0.15, 0.2) is 47.4 Å². The number of ketones is 1. The number of nitrogens with zero attached hydrogens (tertiary/aromatic N) is 1. The van der Waals surface area contributed by atoms with Gasteiger partial charge < -0.3 is 9.80 Å². The molecule has 2 aromatic carbocycles. The SMILES string of the molecule is CC[NH+]1CCN(c2ccc(Cl)cc2NS(=O)(=O)c2ccc(C(C)=O)cc2)CC1. The minimum Gasteiger partial charge on any atom is -0.359 e. The third kappa shape index (κ3) is 4.66. The van der Waals surface area contributed by atoms with Crippen LogP contribution in [0.3, 0.4) is 0 Å². The summed E-state index contributed by atoms with van der Waals surface area (Å²) in [5, 5.41) is 0.464. The second-order valence-electron chi connectivity index (χ2n) is 6.94. The van der Waals surface area contributed by atoms with E-state index in [1.165, 1.54) is 36.1 Å². The molecule has 0 unspecified atom stereocenters. The number of carbonyl (C=O) groups is 1. The van der Waals surface area contributed by atoms with Crippen LogP contribution in [-0.4, -0.2) is 46.9 Å². The summed E-state index contributed by atoms with van der Waals surface area (Å²) in [5.41, 5.74) is 1.75. The highest BCUT2D eigenvalue weighted by atomic mass is 35.5. The maximum atomic E-state index is 12.9. The van der Waals surface area contributed by atoms with Gasteiger partial charge in [-0.05, 0) is 44.2 Å².